The molecule has 0 aliphatic carbocycles. The molecule has 0 fully saturated rings. The Morgan fingerprint density at radius 2 is 2.50 bits per heavy atom. The van der Waals surface area contributed by atoms with E-state index in [1.165, 1.54) is 10.9 Å². The maximum atomic E-state index is 10.8. The molecule has 0 aliphatic heterocycles. The third kappa shape index (κ3) is 0.975. The summed E-state index contributed by atoms with van der Waals surface area (Å²) < 4.78 is 1.19. The van der Waals surface area contributed by atoms with E-state index in [0.29, 0.717) is 5.82 Å². The Morgan fingerprint density at radius 1 is 1.80 bits per heavy atom. The molecule has 10 heavy (non-hydrogen) atoms. The predicted octanol–water partition coefficient (Wildman–Crippen LogP) is -0.266. The van der Waals surface area contributed by atoms with Gasteiger partial charge in [-0.1, -0.05) is 0 Å². The SMILES string of the molecule is C/C=N\n1c(C)n[nH]c1=O. The van der Waals surface area contributed by atoms with Gasteiger partial charge in [0.05, 0.1) is 0 Å². The summed E-state index contributed by atoms with van der Waals surface area (Å²) in [6, 6.07) is 0. The largest absolute Gasteiger partial charge is 0.364 e. The normalized spacial score (nSPS) is 11.0. The summed E-state index contributed by atoms with van der Waals surface area (Å²) >= 11 is 0. The highest BCUT2D eigenvalue weighted by Gasteiger charge is 1.97. The summed E-state index contributed by atoms with van der Waals surface area (Å²) in [4.78, 5) is 10.8. The third-order valence-corrected chi connectivity index (χ3v) is 1.04. The van der Waals surface area contributed by atoms with Crippen molar-refractivity contribution in [1.29, 1.82) is 0 Å². The molecule has 1 aromatic rings. The molecule has 0 aromatic carbocycles. The molecule has 5 nitrogen and oxygen atoms in total. The first-order chi connectivity index (χ1) is 4.75. The quantitative estimate of drug-likeness (QED) is 0.546. The second-order valence-corrected chi connectivity index (χ2v) is 1.76. The van der Waals surface area contributed by atoms with Crippen molar-refractivity contribution in [2.45, 2.75) is 13.8 Å². The van der Waals surface area contributed by atoms with Crippen LogP contribution in [-0.2, 0) is 0 Å². The van der Waals surface area contributed by atoms with Crippen LogP contribution in [0.25, 0.3) is 0 Å². The van der Waals surface area contributed by atoms with Gasteiger partial charge in [-0.25, -0.2) is 9.89 Å². The Kier molecular flexibility index (Phi) is 1.66. The van der Waals surface area contributed by atoms with Crippen LogP contribution in [0.15, 0.2) is 9.90 Å². The van der Waals surface area contributed by atoms with Gasteiger partial charge in [-0.15, -0.1) is 0 Å². The molecule has 0 aliphatic rings. The standard InChI is InChI=1S/C5H8N4O/c1-3-6-9-4(2)7-8-5(9)10/h3H,1-2H3,(H,8,10)/b6-3-. The zero-order chi connectivity index (χ0) is 7.56. The number of nitrogens with one attached hydrogen (secondary N) is 1. The smallest absolute Gasteiger partial charge is 0.244 e. The highest BCUT2D eigenvalue weighted by atomic mass is 16.2. The lowest BCUT2D eigenvalue weighted by Gasteiger charge is -1.87. The molecule has 0 spiro atoms. The lowest BCUT2D eigenvalue weighted by atomic mass is 10.7. The van der Waals surface area contributed by atoms with Crippen LogP contribution in [0.5, 0.6) is 0 Å². The van der Waals surface area contributed by atoms with Gasteiger partial charge in [-0.3, -0.25) is 0 Å². The van der Waals surface area contributed by atoms with Gasteiger partial charge in [0.1, 0.15) is 0 Å². The Balaban J connectivity index is 3.23. The number of hydrogen-bond acceptors (Lipinski definition) is 3. The van der Waals surface area contributed by atoms with Crippen molar-refractivity contribution in [3.05, 3.63) is 16.3 Å². The Labute approximate surface area is 57.4 Å². The highest BCUT2D eigenvalue weighted by molar-refractivity contribution is 5.52. The van der Waals surface area contributed by atoms with Gasteiger partial charge in [0.15, 0.2) is 5.82 Å². The molecule has 0 bridgehead atoms. The number of hydrogen-bond donors (Lipinski definition) is 1. The van der Waals surface area contributed by atoms with Crippen LogP contribution in [0.4, 0.5) is 0 Å². The highest BCUT2D eigenvalue weighted by Crippen LogP contribution is 1.83. The Bertz CT molecular complexity index is 295. The van der Waals surface area contributed by atoms with Gasteiger partial charge in [0, 0.05) is 6.21 Å². The van der Waals surface area contributed by atoms with Gasteiger partial charge in [-0.2, -0.15) is 14.9 Å². The second-order valence-electron chi connectivity index (χ2n) is 1.76. The number of nitrogens with zero attached hydrogens (tertiary/aromatic N) is 3. The molecule has 54 valence electrons. The number of aromatic nitrogens is 3. The molecule has 0 atom stereocenters. The second kappa shape index (κ2) is 2.47. The number of H-pyrrole nitrogens is 1. The first-order valence-corrected chi connectivity index (χ1v) is 2.88. The molecule has 1 N–H and O–H groups in total. The van der Waals surface area contributed by atoms with E-state index in [9.17, 15) is 4.79 Å². The van der Waals surface area contributed by atoms with E-state index in [0.717, 1.165) is 0 Å². The van der Waals surface area contributed by atoms with Crippen LogP contribution >= 0.6 is 0 Å². The van der Waals surface area contributed by atoms with Crippen molar-refractivity contribution >= 4 is 6.21 Å². The average molecular weight is 140 g/mol. The lowest BCUT2D eigenvalue weighted by Crippen LogP contribution is -2.13. The Hall–Kier alpha value is -1.39. The average Bonchev–Trinajstić information content (AvgIpc) is 2.20. The van der Waals surface area contributed by atoms with E-state index in [2.05, 4.69) is 15.3 Å². The summed E-state index contributed by atoms with van der Waals surface area (Å²) in [6.45, 7) is 3.43. The van der Waals surface area contributed by atoms with E-state index in [1.807, 2.05) is 0 Å². The van der Waals surface area contributed by atoms with Crippen LogP contribution < -0.4 is 5.69 Å². The predicted molar refractivity (Wildman–Crippen MR) is 37.1 cm³/mol. The number of aromatic amines is 1. The van der Waals surface area contributed by atoms with Crippen molar-refractivity contribution in [1.82, 2.24) is 14.9 Å². The summed E-state index contributed by atoms with van der Waals surface area (Å²) in [5, 5.41) is 9.66. The minimum absolute atomic E-state index is 0.310. The maximum absolute atomic E-state index is 10.8. The first kappa shape index (κ1) is 6.73. The molecule has 5 heteroatoms. The van der Waals surface area contributed by atoms with Crippen LogP contribution in [0.1, 0.15) is 12.7 Å². The molecule has 1 heterocycles. The zero-order valence-electron chi connectivity index (χ0n) is 5.83. The molecular formula is C5H8N4O. The minimum atomic E-state index is -0.310. The summed E-state index contributed by atoms with van der Waals surface area (Å²) in [5.41, 5.74) is -0.310. The fourth-order valence-electron chi connectivity index (χ4n) is 0.622. The molecule has 1 aromatic heterocycles. The first-order valence-electron chi connectivity index (χ1n) is 2.88. The van der Waals surface area contributed by atoms with Crippen molar-refractivity contribution < 1.29 is 0 Å². The van der Waals surface area contributed by atoms with E-state index in [4.69, 9.17) is 0 Å². The monoisotopic (exact) mass is 140 g/mol. The van der Waals surface area contributed by atoms with E-state index >= 15 is 0 Å². The van der Waals surface area contributed by atoms with Gasteiger partial charge in [0.2, 0.25) is 0 Å². The third-order valence-electron chi connectivity index (χ3n) is 1.04. The van der Waals surface area contributed by atoms with E-state index in [-0.39, 0.29) is 5.69 Å². The topological polar surface area (TPSA) is 63.0 Å². The van der Waals surface area contributed by atoms with Crippen molar-refractivity contribution in [3.63, 3.8) is 0 Å². The van der Waals surface area contributed by atoms with Gasteiger partial charge in [0.25, 0.3) is 0 Å². The van der Waals surface area contributed by atoms with Gasteiger partial charge >= 0.3 is 5.69 Å². The summed E-state index contributed by atoms with van der Waals surface area (Å²) in [6.07, 6.45) is 1.53. The number of rotatable bonds is 1. The summed E-state index contributed by atoms with van der Waals surface area (Å²) in [7, 11) is 0. The molecule has 0 amide bonds. The maximum Gasteiger partial charge on any atom is 0.364 e. The van der Waals surface area contributed by atoms with Gasteiger partial charge in [-0.05, 0) is 13.8 Å². The summed E-state index contributed by atoms with van der Waals surface area (Å²) in [5.74, 6) is 0.558. The van der Waals surface area contributed by atoms with Crippen LogP contribution in [0.2, 0.25) is 0 Å². The van der Waals surface area contributed by atoms with Crippen LogP contribution in [-0.4, -0.2) is 21.1 Å². The van der Waals surface area contributed by atoms with Crippen LogP contribution in [0, 0.1) is 6.92 Å². The molecule has 0 saturated carbocycles. The molecule has 0 unspecified atom stereocenters. The molecular weight excluding hydrogens is 132 g/mol. The fraction of sp³-hybridized carbons (Fsp3) is 0.400. The fourth-order valence-corrected chi connectivity index (χ4v) is 0.622. The van der Waals surface area contributed by atoms with E-state index in [1.54, 1.807) is 13.8 Å². The van der Waals surface area contributed by atoms with Crippen LogP contribution in [0.3, 0.4) is 0 Å². The van der Waals surface area contributed by atoms with Crippen molar-refractivity contribution in [2.24, 2.45) is 5.10 Å². The number of aryl methyl sites for hydroxylation is 1. The zero-order valence-corrected chi connectivity index (χ0v) is 5.83. The lowest BCUT2D eigenvalue weighted by molar-refractivity contribution is 0.799. The minimum Gasteiger partial charge on any atom is -0.244 e. The van der Waals surface area contributed by atoms with Gasteiger partial charge < -0.3 is 0 Å². The van der Waals surface area contributed by atoms with Crippen molar-refractivity contribution in [2.75, 3.05) is 0 Å². The molecule has 0 radical (unpaired) electrons. The molecule has 1 rings (SSSR count). The van der Waals surface area contributed by atoms with Crippen molar-refractivity contribution in [3.8, 4) is 0 Å². The van der Waals surface area contributed by atoms with E-state index < -0.39 is 0 Å². The molecule has 0 saturated heterocycles. The Morgan fingerprint density at radius 3 is 2.90 bits per heavy atom.